The van der Waals surface area contributed by atoms with Gasteiger partial charge in [-0.05, 0) is 32.8 Å². The maximum absolute atomic E-state index is 12.2. The van der Waals surface area contributed by atoms with Crippen molar-refractivity contribution in [1.29, 1.82) is 0 Å². The van der Waals surface area contributed by atoms with Crippen LogP contribution in [0.25, 0.3) is 0 Å². The van der Waals surface area contributed by atoms with Crippen molar-refractivity contribution in [3.63, 3.8) is 0 Å². The maximum Gasteiger partial charge on any atom is 0.271 e. The standard InChI is InChI=1S/C15H23N3O5S/c1-6-15(3,4)16-14(19)10-17(24(5,22)23)13-9-12(18(20)21)8-7-11(13)2/h7-9H,6,10H2,1-5H3,(H,16,19). The molecule has 0 radical (unpaired) electrons. The number of sulfonamides is 1. The summed E-state index contributed by atoms with van der Waals surface area (Å²) in [6, 6.07) is 3.91. The Morgan fingerprint density at radius 1 is 1.38 bits per heavy atom. The number of non-ortho nitro benzene ring substituents is 1. The summed E-state index contributed by atoms with van der Waals surface area (Å²) in [5.74, 6) is -0.474. The number of nitrogens with one attached hydrogen (secondary N) is 1. The molecule has 1 aromatic carbocycles. The van der Waals surface area contributed by atoms with Crippen LogP contribution in [0.5, 0.6) is 0 Å². The highest BCUT2D eigenvalue weighted by molar-refractivity contribution is 7.92. The minimum absolute atomic E-state index is 0.121. The third-order valence-electron chi connectivity index (χ3n) is 3.72. The zero-order valence-electron chi connectivity index (χ0n) is 14.5. The number of rotatable bonds is 7. The number of hydrogen-bond donors (Lipinski definition) is 1. The van der Waals surface area contributed by atoms with E-state index in [1.807, 2.05) is 20.8 Å². The van der Waals surface area contributed by atoms with Gasteiger partial charge >= 0.3 is 0 Å². The summed E-state index contributed by atoms with van der Waals surface area (Å²) in [6.45, 7) is 6.75. The molecule has 0 fully saturated rings. The maximum atomic E-state index is 12.2. The molecular weight excluding hydrogens is 334 g/mol. The quantitative estimate of drug-likeness (QED) is 0.592. The molecule has 0 heterocycles. The summed E-state index contributed by atoms with van der Waals surface area (Å²) in [6.07, 6.45) is 1.64. The molecule has 8 nitrogen and oxygen atoms in total. The predicted octanol–water partition coefficient (Wildman–Crippen LogP) is 1.97. The molecule has 9 heteroatoms. The minimum Gasteiger partial charge on any atom is -0.350 e. The van der Waals surface area contributed by atoms with Crippen molar-refractivity contribution < 1.29 is 18.1 Å². The lowest BCUT2D eigenvalue weighted by Gasteiger charge is -2.28. The number of anilines is 1. The number of nitro benzene ring substituents is 1. The highest BCUT2D eigenvalue weighted by Gasteiger charge is 2.26. The van der Waals surface area contributed by atoms with E-state index in [2.05, 4.69) is 5.32 Å². The normalized spacial score (nSPS) is 11.9. The molecule has 24 heavy (non-hydrogen) atoms. The van der Waals surface area contributed by atoms with Crippen LogP contribution in [0.2, 0.25) is 0 Å². The molecule has 0 bridgehead atoms. The van der Waals surface area contributed by atoms with Gasteiger partial charge in [0, 0.05) is 17.7 Å². The molecule has 0 aromatic heterocycles. The van der Waals surface area contributed by atoms with Gasteiger partial charge in [0.15, 0.2) is 0 Å². The second kappa shape index (κ2) is 7.16. The zero-order chi connectivity index (χ0) is 18.7. The van der Waals surface area contributed by atoms with Gasteiger partial charge in [-0.2, -0.15) is 0 Å². The second-order valence-electron chi connectivity index (χ2n) is 6.28. The zero-order valence-corrected chi connectivity index (χ0v) is 15.3. The molecular formula is C15H23N3O5S. The van der Waals surface area contributed by atoms with Crippen LogP contribution < -0.4 is 9.62 Å². The SMILES string of the molecule is CCC(C)(C)NC(=O)CN(c1cc([N+](=O)[O-])ccc1C)S(C)(=O)=O. The summed E-state index contributed by atoms with van der Waals surface area (Å²) in [5.41, 5.74) is -0.0684. The van der Waals surface area contributed by atoms with Crippen LogP contribution in [-0.4, -0.2) is 37.6 Å². The van der Waals surface area contributed by atoms with E-state index in [4.69, 9.17) is 0 Å². The second-order valence-corrected chi connectivity index (χ2v) is 8.19. The number of benzene rings is 1. The lowest BCUT2D eigenvalue weighted by molar-refractivity contribution is -0.384. The van der Waals surface area contributed by atoms with Crippen LogP contribution >= 0.6 is 0 Å². The van der Waals surface area contributed by atoms with E-state index in [0.29, 0.717) is 12.0 Å². The number of amides is 1. The van der Waals surface area contributed by atoms with Crippen molar-refractivity contribution in [2.45, 2.75) is 39.7 Å². The molecule has 1 aromatic rings. The summed E-state index contributed by atoms with van der Waals surface area (Å²) in [7, 11) is -3.79. The van der Waals surface area contributed by atoms with Crippen LogP contribution in [0.1, 0.15) is 32.8 Å². The summed E-state index contributed by atoms with van der Waals surface area (Å²) in [4.78, 5) is 22.6. The van der Waals surface area contributed by atoms with Crippen molar-refractivity contribution in [1.82, 2.24) is 5.32 Å². The van der Waals surface area contributed by atoms with Gasteiger partial charge < -0.3 is 5.32 Å². The lowest BCUT2D eigenvalue weighted by Crippen LogP contribution is -2.48. The largest absolute Gasteiger partial charge is 0.350 e. The lowest BCUT2D eigenvalue weighted by atomic mass is 10.0. The fourth-order valence-corrected chi connectivity index (χ4v) is 2.90. The van der Waals surface area contributed by atoms with Crippen LogP contribution in [0.3, 0.4) is 0 Å². The Balaban J connectivity index is 3.23. The number of aryl methyl sites for hydroxylation is 1. The Hall–Kier alpha value is -2.16. The van der Waals surface area contributed by atoms with Gasteiger partial charge in [0.05, 0.1) is 16.9 Å². The van der Waals surface area contributed by atoms with E-state index in [0.717, 1.165) is 16.6 Å². The summed E-state index contributed by atoms with van der Waals surface area (Å²) < 4.78 is 25.1. The molecule has 0 aliphatic rings. The highest BCUT2D eigenvalue weighted by atomic mass is 32.2. The summed E-state index contributed by atoms with van der Waals surface area (Å²) >= 11 is 0. The molecule has 1 N–H and O–H groups in total. The molecule has 1 rings (SSSR count). The van der Waals surface area contributed by atoms with Gasteiger partial charge in [0.2, 0.25) is 15.9 Å². The van der Waals surface area contributed by atoms with E-state index in [1.165, 1.54) is 12.1 Å². The van der Waals surface area contributed by atoms with Crippen molar-refractivity contribution in [2.75, 3.05) is 17.1 Å². The smallest absolute Gasteiger partial charge is 0.271 e. The first-order valence-corrected chi connectivity index (χ1v) is 9.26. The first-order valence-electron chi connectivity index (χ1n) is 7.41. The predicted molar refractivity (Wildman–Crippen MR) is 92.5 cm³/mol. The first-order chi connectivity index (χ1) is 10.9. The van der Waals surface area contributed by atoms with Crippen LogP contribution in [0, 0.1) is 17.0 Å². The number of nitro groups is 1. The van der Waals surface area contributed by atoms with E-state index in [-0.39, 0.29) is 11.4 Å². The average molecular weight is 357 g/mol. The van der Waals surface area contributed by atoms with Crippen LogP contribution in [-0.2, 0) is 14.8 Å². The van der Waals surface area contributed by atoms with Crippen LogP contribution in [0.4, 0.5) is 11.4 Å². The van der Waals surface area contributed by atoms with Gasteiger partial charge in [-0.25, -0.2) is 8.42 Å². The van der Waals surface area contributed by atoms with Crippen LogP contribution in [0.15, 0.2) is 18.2 Å². The summed E-state index contributed by atoms with van der Waals surface area (Å²) in [5, 5.41) is 13.7. The van der Waals surface area contributed by atoms with Crippen molar-refractivity contribution in [2.24, 2.45) is 0 Å². The minimum atomic E-state index is -3.79. The monoisotopic (exact) mass is 357 g/mol. The fraction of sp³-hybridized carbons (Fsp3) is 0.533. The number of carbonyl (C=O) groups excluding carboxylic acids is 1. The molecule has 1 amide bonds. The Labute approximate surface area is 142 Å². The van der Waals surface area contributed by atoms with Gasteiger partial charge in [-0.1, -0.05) is 13.0 Å². The Morgan fingerprint density at radius 3 is 2.42 bits per heavy atom. The number of carbonyl (C=O) groups is 1. The number of hydrogen-bond acceptors (Lipinski definition) is 5. The fourth-order valence-electron chi connectivity index (χ4n) is 2.00. The molecule has 0 aliphatic carbocycles. The third kappa shape index (κ3) is 5.19. The molecule has 0 saturated heterocycles. The molecule has 0 spiro atoms. The molecule has 0 unspecified atom stereocenters. The van der Waals surface area contributed by atoms with Gasteiger partial charge in [0.25, 0.3) is 5.69 Å². The van der Waals surface area contributed by atoms with Crippen molar-refractivity contribution >= 4 is 27.3 Å². The van der Waals surface area contributed by atoms with Gasteiger partial charge in [0.1, 0.15) is 6.54 Å². The van der Waals surface area contributed by atoms with E-state index in [1.54, 1.807) is 6.92 Å². The Kier molecular flexibility index (Phi) is 5.94. The Morgan fingerprint density at radius 2 is 1.96 bits per heavy atom. The third-order valence-corrected chi connectivity index (χ3v) is 4.85. The van der Waals surface area contributed by atoms with E-state index < -0.39 is 32.9 Å². The van der Waals surface area contributed by atoms with Gasteiger partial charge in [-0.3, -0.25) is 19.2 Å². The topological polar surface area (TPSA) is 110 Å². The molecule has 134 valence electrons. The van der Waals surface area contributed by atoms with Crippen molar-refractivity contribution in [3.05, 3.63) is 33.9 Å². The first kappa shape index (κ1) is 19.9. The highest BCUT2D eigenvalue weighted by Crippen LogP contribution is 2.27. The Bertz CT molecular complexity index is 743. The van der Waals surface area contributed by atoms with E-state index >= 15 is 0 Å². The average Bonchev–Trinajstić information content (AvgIpc) is 2.43. The molecule has 0 aliphatic heterocycles. The molecule has 0 saturated carbocycles. The number of nitrogens with zero attached hydrogens (tertiary/aromatic N) is 2. The molecule has 0 atom stereocenters. The van der Waals surface area contributed by atoms with Crippen molar-refractivity contribution in [3.8, 4) is 0 Å². The van der Waals surface area contributed by atoms with E-state index in [9.17, 15) is 23.3 Å². The van der Waals surface area contributed by atoms with Gasteiger partial charge in [-0.15, -0.1) is 0 Å².